The Labute approximate surface area is 78.5 Å². The van der Waals surface area contributed by atoms with Crippen LogP contribution in [0.4, 0.5) is 0 Å². The van der Waals surface area contributed by atoms with E-state index in [0.717, 1.165) is 5.92 Å². The van der Waals surface area contributed by atoms with Crippen LogP contribution in [0.2, 0.25) is 0 Å². The van der Waals surface area contributed by atoms with Gasteiger partial charge in [-0.1, -0.05) is 6.42 Å². The van der Waals surface area contributed by atoms with Gasteiger partial charge < -0.3 is 0 Å². The number of hydrogen-bond donors (Lipinski definition) is 0. The van der Waals surface area contributed by atoms with Crippen LogP contribution in [-0.4, -0.2) is 11.5 Å². The second kappa shape index (κ2) is 3.30. The van der Waals surface area contributed by atoms with Gasteiger partial charge in [-0.05, 0) is 43.1 Å². The summed E-state index contributed by atoms with van der Waals surface area (Å²) in [7, 11) is 0. The fourth-order valence-corrected chi connectivity index (χ4v) is 3.65. The molecule has 0 amide bonds. The third-order valence-electron chi connectivity index (χ3n) is 3.41. The lowest BCUT2D eigenvalue weighted by Crippen LogP contribution is -2.38. The molecule has 2 rings (SSSR count). The first-order valence-electron chi connectivity index (χ1n) is 4.86. The van der Waals surface area contributed by atoms with E-state index in [4.69, 9.17) is 5.26 Å². The molecule has 2 aliphatic rings. The van der Waals surface area contributed by atoms with E-state index in [0.29, 0.717) is 0 Å². The Morgan fingerprint density at radius 3 is 2.58 bits per heavy atom. The van der Waals surface area contributed by atoms with Gasteiger partial charge in [0, 0.05) is 0 Å². The second-order valence-corrected chi connectivity index (χ2v) is 5.19. The maximum absolute atomic E-state index is 9.13. The normalized spacial score (nSPS) is 33.4. The van der Waals surface area contributed by atoms with E-state index >= 15 is 0 Å². The molecule has 2 heteroatoms. The van der Waals surface area contributed by atoms with E-state index in [2.05, 4.69) is 6.07 Å². The number of hydrogen-bond acceptors (Lipinski definition) is 2. The summed E-state index contributed by atoms with van der Waals surface area (Å²) >= 11 is 2.04. The molecule has 0 radical (unpaired) electrons. The minimum absolute atomic E-state index is 0.118. The molecule has 0 aromatic rings. The molecule has 1 atom stereocenters. The minimum atomic E-state index is 0.118. The maximum Gasteiger partial charge on any atom is 0.0692 e. The summed E-state index contributed by atoms with van der Waals surface area (Å²) in [5.41, 5.74) is 0.118. The van der Waals surface area contributed by atoms with E-state index in [-0.39, 0.29) is 5.41 Å². The number of rotatable bonds is 1. The standard InChI is InChI=1S/C10H15NS/c11-8-10(4-2-5-10)9-3-1-6-12-7-9/h9H,1-7H2. The van der Waals surface area contributed by atoms with Crippen LogP contribution in [0.25, 0.3) is 0 Å². The molecule has 66 valence electrons. The molecule has 1 aliphatic heterocycles. The molecule has 0 aromatic carbocycles. The van der Waals surface area contributed by atoms with Crippen LogP contribution in [0.3, 0.4) is 0 Å². The molecule has 1 nitrogen and oxygen atoms in total. The van der Waals surface area contributed by atoms with E-state index < -0.39 is 0 Å². The van der Waals surface area contributed by atoms with E-state index in [1.165, 1.54) is 43.6 Å². The Hall–Kier alpha value is -0.160. The SMILES string of the molecule is N#CC1(C2CCCSC2)CCC1. The van der Waals surface area contributed by atoms with Gasteiger partial charge in [0.25, 0.3) is 0 Å². The Morgan fingerprint density at radius 2 is 2.17 bits per heavy atom. The van der Waals surface area contributed by atoms with Crippen LogP contribution < -0.4 is 0 Å². The van der Waals surface area contributed by atoms with Gasteiger partial charge in [0.1, 0.15) is 0 Å². The van der Waals surface area contributed by atoms with Gasteiger partial charge in [-0.3, -0.25) is 0 Å². The predicted molar refractivity (Wildman–Crippen MR) is 51.9 cm³/mol. The van der Waals surface area contributed by atoms with Crippen molar-refractivity contribution < 1.29 is 0 Å². The van der Waals surface area contributed by atoms with Crippen LogP contribution in [0.5, 0.6) is 0 Å². The molecule has 1 aliphatic carbocycles. The van der Waals surface area contributed by atoms with Crippen molar-refractivity contribution in [3.8, 4) is 6.07 Å². The zero-order valence-electron chi connectivity index (χ0n) is 7.38. The molecule has 2 fully saturated rings. The average molecular weight is 181 g/mol. The Balaban J connectivity index is 2.01. The summed E-state index contributed by atoms with van der Waals surface area (Å²) in [6, 6.07) is 2.57. The van der Waals surface area contributed by atoms with Gasteiger partial charge in [-0.2, -0.15) is 17.0 Å². The summed E-state index contributed by atoms with van der Waals surface area (Å²) < 4.78 is 0. The van der Waals surface area contributed by atoms with E-state index in [1.807, 2.05) is 11.8 Å². The van der Waals surface area contributed by atoms with Crippen LogP contribution in [-0.2, 0) is 0 Å². The maximum atomic E-state index is 9.13. The third-order valence-corrected chi connectivity index (χ3v) is 4.63. The largest absolute Gasteiger partial charge is 0.198 e. The minimum Gasteiger partial charge on any atom is -0.198 e. The molecule has 0 spiro atoms. The Morgan fingerprint density at radius 1 is 1.33 bits per heavy atom. The summed E-state index contributed by atoms with van der Waals surface area (Å²) in [5, 5.41) is 9.13. The van der Waals surface area contributed by atoms with Gasteiger partial charge in [0.15, 0.2) is 0 Å². The molecule has 1 heterocycles. The fourth-order valence-electron chi connectivity index (χ4n) is 2.35. The molecule has 0 N–H and O–H groups in total. The summed E-state index contributed by atoms with van der Waals surface area (Å²) in [5.74, 6) is 3.28. The molecular formula is C10H15NS. The summed E-state index contributed by atoms with van der Waals surface area (Å²) in [4.78, 5) is 0. The number of nitrogens with zero attached hydrogens (tertiary/aromatic N) is 1. The average Bonchev–Trinajstić information content (AvgIpc) is 2.05. The highest BCUT2D eigenvalue weighted by Gasteiger charge is 2.44. The van der Waals surface area contributed by atoms with Gasteiger partial charge >= 0.3 is 0 Å². The quantitative estimate of drug-likeness (QED) is 0.621. The van der Waals surface area contributed by atoms with Crippen LogP contribution >= 0.6 is 11.8 Å². The van der Waals surface area contributed by atoms with Crippen molar-refractivity contribution >= 4 is 11.8 Å². The van der Waals surface area contributed by atoms with Crippen molar-refractivity contribution in [1.29, 1.82) is 5.26 Å². The zero-order valence-corrected chi connectivity index (χ0v) is 8.20. The Kier molecular flexibility index (Phi) is 2.32. The number of thioether (sulfide) groups is 1. The molecule has 1 unspecified atom stereocenters. The van der Waals surface area contributed by atoms with Crippen molar-refractivity contribution in [2.45, 2.75) is 32.1 Å². The van der Waals surface area contributed by atoms with Gasteiger partial charge in [-0.25, -0.2) is 0 Å². The van der Waals surface area contributed by atoms with Crippen molar-refractivity contribution in [2.75, 3.05) is 11.5 Å². The first-order valence-corrected chi connectivity index (χ1v) is 6.02. The van der Waals surface area contributed by atoms with Crippen molar-refractivity contribution in [1.82, 2.24) is 0 Å². The van der Waals surface area contributed by atoms with Crippen molar-refractivity contribution in [3.63, 3.8) is 0 Å². The summed E-state index contributed by atoms with van der Waals surface area (Å²) in [6.45, 7) is 0. The first-order chi connectivity index (χ1) is 5.87. The number of nitriles is 1. The van der Waals surface area contributed by atoms with Gasteiger partial charge in [0.2, 0.25) is 0 Å². The molecule has 12 heavy (non-hydrogen) atoms. The van der Waals surface area contributed by atoms with Gasteiger partial charge in [0.05, 0.1) is 11.5 Å². The van der Waals surface area contributed by atoms with Gasteiger partial charge in [-0.15, -0.1) is 0 Å². The van der Waals surface area contributed by atoms with Crippen LogP contribution in [0.1, 0.15) is 32.1 Å². The molecule has 1 saturated heterocycles. The molecule has 0 aromatic heterocycles. The van der Waals surface area contributed by atoms with Crippen molar-refractivity contribution in [3.05, 3.63) is 0 Å². The monoisotopic (exact) mass is 181 g/mol. The zero-order chi connectivity index (χ0) is 8.44. The van der Waals surface area contributed by atoms with Crippen LogP contribution in [0, 0.1) is 22.7 Å². The second-order valence-electron chi connectivity index (χ2n) is 4.04. The van der Waals surface area contributed by atoms with E-state index in [1.54, 1.807) is 0 Å². The molecular weight excluding hydrogens is 166 g/mol. The highest BCUT2D eigenvalue weighted by molar-refractivity contribution is 7.99. The topological polar surface area (TPSA) is 23.8 Å². The predicted octanol–water partition coefficient (Wildman–Crippen LogP) is 2.82. The first kappa shape index (κ1) is 8.44. The smallest absolute Gasteiger partial charge is 0.0692 e. The summed E-state index contributed by atoms with van der Waals surface area (Å²) in [6.07, 6.45) is 6.28. The van der Waals surface area contributed by atoms with E-state index in [9.17, 15) is 0 Å². The Bertz CT molecular complexity index is 196. The lowest BCUT2D eigenvalue weighted by atomic mass is 9.61. The highest BCUT2D eigenvalue weighted by atomic mass is 32.2. The third kappa shape index (κ3) is 1.25. The van der Waals surface area contributed by atoms with Crippen molar-refractivity contribution in [2.24, 2.45) is 11.3 Å². The fraction of sp³-hybridized carbons (Fsp3) is 0.900. The highest BCUT2D eigenvalue weighted by Crippen LogP contribution is 2.50. The molecule has 0 bridgehead atoms. The molecule has 1 saturated carbocycles. The lowest BCUT2D eigenvalue weighted by Gasteiger charge is -2.43. The van der Waals surface area contributed by atoms with Crippen LogP contribution in [0.15, 0.2) is 0 Å². The lowest BCUT2D eigenvalue weighted by molar-refractivity contribution is 0.123.